The van der Waals surface area contributed by atoms with E-state index in [0.717, 1.165) is 29.0 Å². The Labute approximate surface area is 158 Å². The minimum Gasteiger partial charge on any atom is -0.488 e. The van der Waals surface area contributed by atoms with Crippen molar-refractivity contribution in [3.8, 4) is 5.75 Å². The Morgan fingerprint density at radius 1 is 1.36 bits per heavy atom. The van der Waals surface area contributed by atoms with E-state index in [4.69, 9.17) is 16.3 Å². The van der Waals surface area contributed by atoms with Crippen molar-refractivity contribution in [2.75, 3.05) is 6.61 Å². The average Bonchev–Trinajstić information content (AvgIpc) is 2.96. The zero-order valence-corrected chi connectivity index (χ0v) is 17.4. The third-order valence-electron chi connectivity index (χ3n) is 3.89. The molecule has 0 atom stereocenters. The normalized spacial score (nSPS) is 11.2. The summed E-state index contributed by atoms with van der Waals surface area (Å²) in [5, 5.41) is 1.06. The van der Waals surface area contributed by atoms with Gasteiger partial charge >= 0.3 is 0 Å². The molecule has 2 rings (SSSR count). The molecule has 6 heteroatoms. The standard InChI is InChI=1S/C14H17ClFNOS.C5H10O/c1-5-14(3,4)13-17-11-9(19-13)7-8(15)10(16)12(11)18-6-2;1-3-4-5(2)6/h7H,5-6H2,1-4H3;3-4H2,1-2H3. The molecule has 0 N–H and O–H groups in total. The third kappa shape index (κ3) is 5.65. The highest BCUT2D eigenvalue weighted by atomic mass is 35.5. The molecule has 0 amide bonds. The van der Waals surface area contributed by atoms with Crippen LogP contribution in [0.15, 0.2) is 6.07 Å². The molecule has 3 nitrogen and oxygen atoms in total. The van der Waals surface area contributed by atoms with Crippen molar-refractivity contribution in [1.29, 1.82) is 0 Å². The molecule has 0 aliphatic carbocycles. The summed E-state index contributed by atoms with van der Waals surface area (Å²) in [6.07, 6.45) is 2.68. The van der Waals surface area contributed by atoms with Gasteiger partial charge in [-0.15, -0.1) is 11.3 Å². The number of ether oxygens (including phenoxy) is 1. The minimum absolute atomic E-state index is 0.0316. The van der Waals surface area contributed by atoms with Crippen LogP contribution in [0.2, 0.25) is 5.02 Å². The number of nitrogens with zero attached hydrogens (tertiary/aromatic N) is 1. The molecule has 1 heterocycles. The zero-order valence-electron chi connectivity index (χ0n) is 15.8. The number of thiazole rings is 1. The summed E-state index contributed by atoms with van der Waals surface area (Å²) in [7, 11) is 0. The van der Waals surface area contributed by atoms with Gasteiger partial charge in [-0.1, -0.05) is 39.3 Å². The zero-order chi connectivity index (χ0) is 19.2. The monoisotopic (exact) mass is 387 g/mol. The lowest BCUT2D eigenvalue weighted by molar-refractivity contribution is -0.117. The van der Waals surface area contributed by atoms with Gasteiger partial charge in [0.1, 0.15) is 11.3 Å². The fraction of sp³-hybridized carbons (Fsp3) is 0.579. The maximum Gasteiger partial charge on any atom is 0.185 e. The van der Waals surface area contributed by atoms with E-state index in [0.29, 0.717) is 12.1 Å². The van der Waals surface area contributed by atoms with E-state index in [9.17, 15) is 9.18 Å². The van der Waals surface area contributed by atoms with Crippen LogP contribution >= 0.6 is 22.9 Å². The molecule has 0 unspecified atom stereocenters. The lowest BCUT2D eigenvalue weighted by atomic mass is 9.91. The van der Waals surface area contributed by atoms with Crippen LogP contribution in [0.1, 0.15) is 65.8 Å². The minimum atomic E-state index is -0.526. The summed E-state index contributed by atoms with van der Waals surface area (Å²) in [5.74, 6) is -0.0703. The molecule has 0 radical (unpaired) electrons. The molecule has 0 fully saturated rings. The van der Waals surface area contributed by atoms with E-state index in [2.05, 4.69) is 25.8 Å². The van der Waals surface area contributed by atoms with Gasteiger partial charge < -0.3 is 9.53 Å². The van der Waals surface area contributed by atoms with Crippen LogP contribution in [0, 0.1) is 5.82 Å². The Morgan fingerprint density at radius 2 is 2.00 bits per heavy atom. The van der Waals surface area contributed by atoms with Gasteiger partial charge in [-0.3, -0.25) is 0 Å². The molecule has 1 aromatic carbocycles. The van der Waals surface area contributed by atoms with Gasteiger partial charge in [0.25, 0.3) is 0 Å². The largest absolute Gasteiger partial charge is 0.488 e. The van der Waals surface area contributed by atoms with E-state index in [1.807, 2.05) is 13.8 Å². The number of Topliss-reactive ketones (excluding diaryl/α,β-unsaturated/α-hetero) is 1. The van der Waals surface area contributed by atoms with E-state index >= 15 is 0 Å². The maximum absolute atomic E-state index is 14.0. The predicted octanol–water partition coefficient (Wildman–Crippen LogP) is 6.55. The molecular weight excluding hydrogens is 361 g/mol. The van der Waals surface area contributed by atoms with Crippen LogP contribution in [-0.2, 0) is 10.2 Å². The van der Waals surface area contributed by atoms with Crippen molar-refractivity contribution in [3.05, 3.63) is 21.9 Å². The van der Waals surface area contributed by atoms with Crippen molar-refractivity contribution in [1.82, 2.24) is 4.98 Å². The Hall–Kier alpha value is -1.20. The molecule has 0 saturated heterocycles. The highest BCUT2D eigenvalue weighted by Crippen LogP contribution is 2.40. The number of halogens is 2. The maximum atomic E-state index is 14.0. The molecule has 0 aliphatic rings. The van der Waals surface area contributed by atoms with Crippen molar-refractivity contribution in [2.45, 2.75) is 66.2 Å². The van der Waals surface area contributed by atoms with Gasteiger partial charge in [0.2, 0.25) is 0 Å². The first-order chi connectivity index (χ1) is 11.7. The number of aromatic nitrogens is 1. The predicted molar refractivity (Wildman–Crippen MR) is 105 cm³/mol. The number of hydrogen-bond donors (Lipinski definition) is 0. The van der Waals surface area contributed by atoms with Gasteiger partial charge in [-0.25, -0.2) is 9.37 Å². The Morgan fingerprint density at radius 3 is 2.44 bits per heavy atom. The van der Waals surface area contributed by atoms with Gasteiger partial charge in [0, 0.05) is 11.8 Å². The van der Waals surface area contributed by atoms with Crippen molar-refractivity contribution >= 4 is 38.9 Å². The molecule has 140 valence electrons. The second-order valence-corrected chi connectivity index (χ2v) is 7.93. The second kappa shape index (κ2) is 9.48. The topological polar surface area (TPSA) is 39.2 Å². The highest BCUT2D eigenvalue weighted by molar-refractivity contribution is 7.18. The summed E-state index contributed by atoms with van der Waals surface area (Å²) in [6, 6.07) is 1.63. The van der Waals surface area contributed by atoms with Crippen LogP contribution in [0.3, 0.4) is 0 Å². The van der Waals surface area contributed by atoms with Gasteiger partial charge in [-0.05, 0) is 32.8 Å². The smallest absolute Gasteiger partial charge is 0.185 e. The quantitative estimate of drug-likeness (QED) is 0.564. The summed E-state index contributed by atoms with van der Waals surface area (Å²) in [5.41, 5.74) is 0.543. The van der Waals surface area contributed by atoms with E-state index in [1.165, 1.54) is 0 Å². The van der Waals surface area contributed by atoms with Crippen molar-refractivity contribution in [2.24, 2.45) is 0 Å². The fourth-order valence-electron chi connectivity index (χ4n) is 2.05. The lowest BCUT2D eigenvalue weighted by Gasteiger charge is -2.18. The SMILES string of the molecule is CCCC(C)=O.CCOc1c(F)c(Cl)cc2sc(C(C)(C)CC)nc12. The first kappa shape index (κ1) is 21.8. The van der Waals surface area contributed by atoms with Crippen LogP contribution in [0.4, 0.5) is 4.39 Å². The molecule has 2 aromatic rings. The molecule has 0 bridgehead atoms. The van der Waals surface area contributed by atoms with Crippen LogP contribution in [0.25, 0.3) is 10.2 Å². The highest BCUT2D eigenvalue weighted by Gasteiger charge is 2.25. The van der Waals surface area contributed by atoms with E-state index in [1.54, 1.807) is 24.3 Å². The number of ketones is 1. The summed E-state index contributed by atoms with van der Waals surface area (Å²) in [4.78, 5) is 14.6. The first-order valence-electron chi connectivity index (χ1n) is 8.59. The summed E-state index contributed by atoms with van der Waals surface area (Å²) in [6.45, 7) is 12.2. The number of rotatable bonds is 6. The molecule has 0 spiro atoms. The van der Waals surface area contributed by atoms with E-state index < -0.39 is 5.82 Å². The number of fused-ring (bicyclic) bond motifs is 1. The number of carbonyl (C=O) groups is 1. The number of carbonyl (C=O) groups excluding carboxylic acids is 1. The van der Waals surface area contributed by atoms with Gasteiger partial charge in [-0.2, -0.15) is 0 Å². The number of hydrogen-bond acceptors (Lipinski definition) is 4. The van der Waals surface area contributed by atoms with E-state index in [-0.39, 0.29) is 22.0 Å². The van der Waals surface area contributed by atoms with Crippen LogP contribution in [-0.4, -0.2) is 17.4 Å². The molecule has 0 saturated carbocycles. The average molecular weight is 388 g/mol. The van der Waals surface area contributed by atoms with Crippen LogP contribution < -0.4 is 4.74 Å². The molecular formula is C19H27ClFNO2S. The summed E-state index contributed by atoms with van der Waals surface area (Å²) < 4.78 is 20.3. The third-order valence-corrected chi connectivity index (χ3v) is 5.53. The Balaban J connectivity index is 0.000000450. The molecule has 0 aliphatic heterocycles. The van der Waals surface area contributed by atoms with Gasteiger partial charge in [0.05, 0.1) is 21.3 Å². The van der Waals surface area contributed by atoms with Crippen molar-refractivity contribution in [3.63, 3.8) is 0 Å². The van der Waals surface area contributed by atoms with Gasteiger partial charge in [0.15, 0.2) is 11.6 Å². The fourth-order valence-corrected chi connectivity index (χ4v) is 3.49. The number of benzene rings is 1. The molecule has 25 heavy (non-hydrogen) atoms. The molecule has 1 aromatic heterocycles. The summed E-state index contributed by atoms with van der Waals surface area (Å²) >= 11 is 7.46. The lowest BCUT2D eigenvalue weighted by Crippen LogP contribution is -2.14. The first-order valence-corrected chi connectivity index (χ1v) is 9.78. The second-order valence-electron chi connectivity index (χ2n) is 6.49. The Kier molecular flexibility index (Phi) is 8.29. The Bertz CT molecular complexity index is 728. The van der Waals surface area contributed by atoms with Crippen molar-refractivity contribution < 1.29 is 13.9 Å². The van der Waals surface area contributed by atoms with Crippen LogP contribution in [0.5, 0.6) is 5.75 Å².